The Labute approximate surface area is 108 Å². The van der Waals surface area contributed by atoms with E-state index in [1.165, 1.54) is 0 Å². The van der Waals surface area contributed by atoms with Crippen molar-refractivity contribution in [2.24, 2.45) is 0 Å². The van der Waals surface area contributed by atoms with Gasteiger partial charge in [-0.3, -0.25) is 4.98 Å². The van der Waals surface area contributed by atoms with E-state index in [-0.39, 0.29) is 5.41 Å². The summed E-state index contributed by atoms with van der Waals surface area (Å²) in [5.74, 6) is 0.627. The van der Waals surface area contributed by atoms with E-state index in [0.29, 0.717) is 5.88 Å². The Bertz CT molecular complexity index is 544. The van der Waals surface area contributed by atoms with Crippen molar-refractivity contribution in [3.63, 3.8) is 0 Å². The van der Waals surface area contributed by atoms with Gasteiger partial charge >= 0.3 is 0 Å². The van der Waals surface area contributed by atoms with E-state index in [0.717, 1.165) is 16.8 Å². The van der Waals surface area contributed by atoms with Gasteiger partial charge in [-0.1, -0.05) is 20.8 Å². The predicted octanol–water partition coefficient (Wildman–Crippen LogP) is 3.45. The summed E-state index contributed by atoms with van der Waals surface area (Å²) in [6, 6.07) is 8.03. The van der Waals surface area contributed by atoms with E-state index in [1.807, 2.05) is 24.4 Å². The van der Waals surface area contributed by atoms with Crippen LogP contribution in [0.3, 0.4) is 0 Å². The second-order valence-corrected chi connectivity index (χ2v) is 5.27. The summed E-state index contributed by atoms with van der Waals surface area (Å²) in [6.45, 7) is 6.48. The van der Waals surface area contributed by atoms with Crippen LogP contribution in [-0.4, -0.2) is 17.1 Å². The van der Waals surface area contributed by atoms with E-state index >= 15 is 0 Å². The standard InChI is InChI=1S/C15H18N2O/c1-15(2,3)13-9-11(5-7-16-13)12-6-8-17-14(10-12)18-4/h5-10H,1-4H3. The molecular weight excluding hydrogens is 224 g/mol. The van der Waals surface area contributed by atoms with Crippen LogP contribution in [0.2, 0.25) is 0 Å². The molecule has 0 N–H and O–H groups in total. The van der Waals surface area contributed by atoms with Crippen LogP contribution in [0.15, 0.2) is 36.7 Å². The van der Waals surface area contributed by atoms with Gasteiger partial charge in [0.1, 0.15) is 0 Å². The van der Waals surface area contributed by atoms with E-state index < -0.39 is 0 Å². The quantitative estimate of drug-likeness (QED) is 0.809. The summed E-state index contributed by atoms with van der Waals surface area (Å²) in [5.41, 5.74) is 3.36. The van der Waals surface area contributed by atoms with Gasteiger partial charge < -0.3 is 4.74 Å². The summed E-state index contributed by atoms with van der Waals surface area (Å²) >= 11 is 0. The van der Waals surface area contributed by atoms with Gasteiger partial charge in [0, 0.05) is 29.6 Å². The van der Waals surface area contributed by atoms with Crippen LogP contribution in [0.5, 0.6) is 5.88 Å². The summed E-state index contributed by atoms with van der Waals surface area (Å²) in [5, 5.41) is 0. The molecule has 0 amide bonds. The number of aromatic nitrogens is 2. The van der Waals surface area contributed by atoms with Crippen LogP contribution in [0, 0.1) is 0 Å². The van der Waals surface area contributed by atoms with Crippen LogP contribution in [0.25, 0.3) is 11.1 Å². The van der Waals surface area contributed by atoms with Crippen LogP contribution >= 0.6 is 0 Å². The fourth-order valence-electron chi connectivity index (χ4n) is 1.72. The molecule has 0 saturated carbocycles. The Morgan fingerprint density at radius 2 is 1.56 bits per heavy atom. The summed E-state index contributed by atoms with van der Waals surface area (Å²) < 4.78 is 5.15. The predicted molar refractivity (Wildman–Crippen MR) is 72.7 cm³/mol. The maximum atomic E-state index is 5.15. The minimum atomic E-state index is 0.0487. The van der Waals surface area contributed by atoms with E-state index in [1.54, 1.807) is 13.3 Å². The minimum absolute atomic E-state index is 0.0487. The molecule has 0 unspecified atom stereocenters. The number of hydrogen-bond donors (Lipinski definition) is 0. The second-order valence-electron chi connectivity index (χ2n) is 5.27. The molecule has 2 aromatic heterocycles. The van der Waals surface area contributed by atoms with Crippen LogP contribution in [-0.2, 0) is 5.41 Å². The number of nitrogens with zero attached hydrogens (tertiary/aromatic N) is 2. The maximum Gasteiger partial charge on any atom is 0.213 e. The normalized spacial score (nSPS) is 11.3. The second kappa shape index (κ2) is 4.77. The third kappa shape index (κ3) is 2.67. The van der Waals surface area contributed by atoms with Crippen LogP contribution in [0.4, 0.5) is 0 Å². The van der Waals surface area contributed by atoms with Crippen molar-refractivity contribution < 1.29 is 4.74 Å². The maximum absolute atomic E-state index is 5.15. The zero-order valence-electron chi connectivity index (χ0n) is 11.3. The molecule has 0 spiro atoms. The number of rotatable bonds is 2. The van der Waals surface area contributed by atoms with Crippen molar-refractivity contribution in [3.8, 4) is 17.0 Å². The van der Waals surface area contributed by atoms with Crippen molar-refractivity contribution in [1.29, 1.82) is 0 Å². The lowest BCUT2D eigenvalue weighted by molar-refractivity contribution is 0.398. The largest absolute Gasteiger partial charge is 0.481 e. The molecule has 2 aromatic rings. The molecule has 0 aliphatic heterocycles. The van der Waals surface area contributed by atoms with Crippen molar-refractivity contribution >= 4 is 0 Å². The van der Waals surface area contributed by atoms with Gasteiger partial charge in [0.25, 0.3) is 0 Å². The third-order valence-electron chi connectivity index (χ3n) is 2.81. The van der Waals surface area contributed by atoms with Gasteiger partial charge in [0.05, 0.1) is 7.11 Å². The molecular formula is C15H18N2O. The molecule has 0 atom stereocenters. The first-order valence-corrected chi connectivity index (χ1v) is 5.97. The zero-order chi connectivity index (χ0) is 13.2. The first-order chi connectivity index (χ1) is 8.50. The number of pyridine rings is 2. The van der Waals surface area contributed by atoms with Crippen LogP contribution in [0.1, 0.15) is 26.5 Å². The number of hydrogen-bond acceptors (Lipinski definition) is 3. The molecule has 0 bridgehead atoms. The lowest BCUT2D eigenvalue weighted by atomic mass is 9.90. The van der Waals surface area contributed by atoms with Gasteiger partial charge in [-0.2, -0.15) is 0 Å². The van der Waals surface area contributed by atoms with Gasteiger partial charge in [0.2, 0.25) is 5.88 Å². The third-order valence-corrected chi connectivity index (χ3v) is 2.81. The Morgan fingerprint density at radius 3 is 2.17 bits per heavy atom. The van der Waals surface area contributed by atoms with Crippen molar-refractivity contribution in [2.45, 2.75) is 26.2 Å². The molecule has 94 valence electrons. The highest BCUT2D eigenvalue weighted by molar-refractivity contribution is 5.64. The lowest BCUT2D eigenvalue weighted by Crippen LogP contribution is -2.13. The molecule has 18 heavy (non-hydrogen) atoms. The monoisotopic (exact) mass is 242 g/mol. The van der Waals surface area contributed by atoms with Crippen LogP contribution < -0.4 is 4.74 Å². The van der Waals surface area contributed by atoms with Gasteiger partial charge in [-0.05, 0) is 29.3 Å². The molecule has 3 nitrogen and oxygen atoms in total. The Balaban J connectivity index is 2.44. The van der Waals surface area contributed by atoms with Gasteiger partial charge in [-0.25, -0.2) is 4.98 Å². The van der Waals surface area contributed by atoms with E-state index in [4.69, 9.17) is 4.74 Å². The van der Waals surface area contributed by atoms with Gasteiger partial charge in [0.15, 0.2) is 0 Å². The molecule has 0 aromatic carbocycles. The smallest absolute Gasteiger partial charge is 0.213 e. The Morgan fingerprint density at radius 1 is 0.944 bits per heavy atom. The molecule has 0 radical (unpaired) electrons. The number of methoxy groups -OCH3 is 1. The zero-order valence-corrected chi connectivity index (χ0v) is 11.3. The topological polar surface area (TPSA) is 35.0 Å². The van der Waals surface area contributed by atoms with E-state index in [2.05, 4.69) is 36.8 Å². The highest BCUT2D eigenvalue weighted by atomic mass is 16.5. The molecule has 0 aliphatic rings. The summed E-state index contributed by atoms with van der Waals surface area (Å²) in [7, 11) is 1.62. The molecule has 2 heterocycles. The molecule has 0 fully saturated rings. The summed E-state index contributed by atoms with van der Waals surface area (Å²) in [4.78, 5) is 8.55. The fraction of sp³-hybridized carbons (Fsp3) is 0.333. The van der Waals surface area contributed by atoms with E-state index in [9.17, 15) is 0 Å². The fourth-order valence-corrected chi connectivity index (χ4v) is 1.72. The van der Waals surface area contributed by atoms with Crippen molar-refractivity contribution in [3.05, 3.63) is 42.4 Å². The molecule has 3 heteroatoms. The Hall–Kier alpha value is -1.90. The lowest BCUT2D eigenvalue weighted by Gasteiger charge is -2.18. The van der Waals surface area contributed by atoms with Crippen molar-refractivity contribution in [2.75, 3.05) is 7.11 Å². The first kappa shape index (κ1) is 12.6. The number of ether oxygens (including phenoxy) is 1. The highest BCUT2D eigenvalue weighted by Crippen LogP contribution is 2.26. The van der Waals surface area contributed by atoms with Crippen molar-refractivity contribution in [1.82, 2.24) is 9.97 Å². The summed E-state index contributed by atoms with van der Waals surface area (Å²) in [6.07, 6.45) is 3.61. The highest BCUT2D eigenvalue weighted by Gasteiger charge is 2.15. The average Bonchev–Trinajstić information content (AvgIpc) is 2.38. The molecule has 0 saturated heterocycles. The van der Waals surface area contributed by atoms with Gasteiger partial charge in [-0.15, -0.1) is 0 Å². The minimum Gasteiger partial charge on any atom is -0.481 e. The molecule has 0 aliphatic carbocycles. The Kier molecular flexibility index (Phi) is 3.32. The molecule has 2 rings (SSSR count). The SMILES string of the molecule is COc1cc(-c2ccnc(C(C)(C)C)c2)ccn1. The first-order valence-electron chi connectivity index (χ1n) is 5.97. The average molecular weight is 242 g/mol.